The van der Waals surface area contributed by atoms with Crippen molar-refractivity contribution >= 4 is 47.6 Å². The summed E-state index contributed by atoms with van der Waals surface area (Å²) in [5.41, 5.74) is 7.30. The standard InChI is InChI=1S/C33H57N2O35S4/c1-8-9(2)29(67-24-20(41)25(70-74(54,55)56)33(69-27(24)35-44)65-22-13(7-60-73(51,52)53)63-31(57-4)14(34)17(22)38)62-12(6-59-72(48,49)50)21(8)64-32-19(40)18(39)23(26(68-32)28(42)43)66-30-10(3)15(36)16(37)11(61-30)5-58-71(45,46)47/h8-27,29-33,35-41H,5-7,34H2,1-4H3,(H,42,43)(H,45,46,47)(H,48,49,50)(H,51,52,53)(H,54,55,56)/q-1/t8-,9?,10?,11?,12?,13?,14?,15-,16-,17-,18-,19?,20?,21+,22-,23+,24+,25?,26?,27-,29-,30-,31+,32-,33-/m1/s1. The molecular weight excluding hydrogens is 1110 g/mol. The average molecular weight is 1170 g/mol. The van der Waals surface area contributed by atoms with E-state index in [0.29, 0.717) is 0 Å². The molecular formula is C33H57N2O35S4-. The number of carboxylic acids is 1. The quantitative estimate of drug-likeness (QED) is 0.0354. The predicted molar refractivity (Wildman–Crippen MR) is 224 cm³/mol. The summed E-state index contributed by atoms with van der Waals surface area (Å²) in [5.74, 6) is -5.47. The van der Waals surface area contributed by atoms with Crippen molar-refractivity contribution < 1.29 is 157 Å². The zero-order chi connectivity index (χ0) is 55.7. The molecule has 0 saturated carbocycles. The number of carboxylic acid groups (broad SMARTS) is 1. The fourth-order valence-electron chi connectivity index (χ4n) is 8.38. The van der Waals surface area contributed by atoms with Gasteiger partial charge >= 0.3 is 47.6 Å². The number of hydroxylamine groups is 1. The van der Waals surface area contributed by atoms with E-state index in [2.05, 4.69) is 16.7 Å². The second kappa shape index (κ2) is 25.1. The molecule has 0 aromatic heterocycles. The number of nitrogens with two attached hydrogens (primary N) is 1. The lowest BCUT2D eigenvalue weighted by molar-refractivity contribution is -0.378. The Hall–Kier alpha value is -1.81. The number of nitrogens with one attached hydrogen (secondary N) is 1. The van der Waals surface area contributed by atoms with Gasteiger partial charge in [-0.3, -0.25) is 18.2 Å². The van der Waals surface area contributed by atoms with E-state index in [9.17, 15) is 88.5 Å². The minimum Gasteiger partial charge on any atom is -0.786 e. The third-order valence-corrected chi connectivity index (χ3v) is 14.1. The smallest absolute Gasteiger partial charge is 0.397 e. The van der Waals surface area contributed by atoms with Crippen molar-refractivity contribution in [3.8, 4) is 0 Å². The van der Waals surface area contributed by atoms with Crippen LogP contribution in [0.4, 0.5) is 0 Å². The molecule has 5 fully saturated rings. The van der Waals surface area contributed by atoms with Crippen molar-refractivity contribution in [2.24, 2.45) is 23.5 Å². The number of rotatable bonds is 22. The van der Waals surface area contributed by atoms with Gasteiger partial charge in [0, 0.05) is 18.9 Å². The number of hydrogen-bond donors (Lipinski definition) is 13. The second-order valence-corrected chi connectivity index (χ2v) is 21.6. The first-order chi connectivity index (χ1) is 34.1. The van der Waals surface area contributed by atoms with Crippen molar-refractivity contribution in [3.05, 3.63) is 5.21 Å². The normalized spacial score (nSPS) is 44.0. The van der Waals surface area contributed by atoms with E-state index in [1.807, 2.05) is 0 Å². The van der Waals surface area contributed by atoms with Crippen molar-refractivity contribution in [2.45, 2.75) is 156 Å². The highest BCUT2D eigenvalue weighted by Crippen LogP contribution is 2.40. The first kappa shape index (κ1) is 63.0. The molecule has 5 aliphatic heterocycles. The lowest BCUT2D eigenvalue weighted by atomic mass is 9.84. The van der Waals surface area contributed by atoms with Crippen LogP contribution in [0.1, 0.15) is 20.8 Å². The van der Waals surface area contributed by atoms with Gasteiger partial charge in [-0.2, -0.15) is 33.7 Å². The number of hydrogen-bond acceptors (Lipinski definition) is 32. The van der Waals surface area contributed by atoms with Crippen LogP contribution in [0.25, 0.3) is 0 Å². The highest BCUT2D eigenvalue weighted by Gasteiger charge is 2.57. The molecule has 434 valence electrons. The van der Waals surface area contributed by atoms with Gasteiger partial charge in [0.15, 0.2) is 43.7 Å². The van der Waals surface area contributed by atoms with Crippen LogP contribution in [0.2, 0.25) is 0 Å². The van der Waals surface area contributed by atoms with Gasteiger partial charge in [0.25, 0.3) is 0 Å². The first-order valence-corrected chi connectivity index (χ1v) is 26.9. The van der Waals surface area contributed by atoms with E-state index in [-0.39, 0.29) is 0 Å². The van der Waals surface area contributed by atoms with Gasteiger partial charge in [0.05, 0.1) is 38.1 Å². The molecule has 0 spiro atoms. The topological polar surface area (TPSA) is 566 Å². The van der Waals surface area contributed by atoms with Crippen molar-refractivity contribution in [2.75, 3.05) is 26.9 Å². The molecule has 0 aromatic rings. The summed E-state index contributed by atoms with van der Waals surface area (Å²) < 4.78 is 204. The fraction of sp³-hybridized carbons (Fsp3) is 0.970. The first-order valence-electron chi connectivity index (χ1n) is 21.4. The van der Waals surface area contributed by atoms with Crippen LogP contribution in [0.3, 0.4) is 0 Å². The van der Waals surface area contributed by atoms with E-state index in [0.717, 1.165) is 7.11 Å². The number of methoxy groups -OCH3 is 1. The lowest BCUT2D eigenvalue weighted by Gasteiger charge is -2.51. The Balaban J connectivity index is 1.38. The van der Waals surface area contributed by atoms with Gasteiger partial charge in [0.1, 0.15) is 73.4 Å². The molecule has 0 bridgehead atoms. The number of carbonyl (C=O) groups is 1. The third-order valence-electron chi connectivity index (χ3n) is 12.4. The zero-order valence-corrected chi connectivity index (χ0v) is 41.7. The Bertz CT molecular complexity index is 2320. The lowest BCUT2D eigenvalue weighted by Crippen LogP contribution is -2.68. The van der Waals surface area contributed by atoms with Gasteiger partial charge in [-0.15, -0.1) is 0 Å². The minimum atomic E-state index is -5.65. The van der Waals surface area contributed by atoms with E-state index < -0.39 is 220 Å². The molecule has 14 N–H and O–H groups in total. The van der Waals surface area contributed by atoms with Gasteiger partial charge in [-0.05, 0) is 5.92 Å². The molecule has 25 atom stereocenters. The van der Waals surface area contributed by atoms with Crippen LogP contribution in [0, 0.1) is 23.0 Å². The molecule has 5 heterocycles. The van der Waals surface area contributed by atoms with E-state index in [1.54, 1.807) is 0 Å². The monoisotopic (exact) mass is 1170 g/mol. The van der Waals surface area contributed by atoms with E-state index in [1.165, 1.54) is 26.3 Å². The summed E-state index contributed by atoms with van der Waals surface area (Å²) >= 11 is 0. The second-order valence-electron chi connectivity index (χ2n) is 17.3. The predicted octanol–water partition coefficient (Wildman–Crippen LogP) is -8.03. The van der Waals surface area contributed by atoms with Gasteiger partial charge in [-0.1, -0.05) is 20.8 Å². The molecule has 5 saturated heterocycles. The largest absolute Gasteiger partial charge is 0.786 e. The van der Waals surface area contributed by atoms with Crippen LogP contribution in [-0.4, -0.2) is 256 Å². The highest BCUT2D eigenvalue weighted by atomic mass is 32.3. The Labute approximate surface area is 420 Å². The van der Waals surface area contributed by atoms with Gasteiger partial charge < -0.3 is 99.5 Å². The highest BCUT2D eigenvalue weighted by molar-refractivity contribution is 7.81. The Morgan fingerprint density at radius 1 is 0.514 bits per heavy atom. The number of aliphatic hydroxyl groups is 6. The van der Waals surface area contributed by atoms with Crippen molar-refractivity contribution in [3.63, 3.8) is 0 Å². The Morgan fingerprint density at radius 3 is 1.50 bits per heavy atom. The van der Waals surface area contributed by atoms with Crippen LogP contribution < -0.4 is 11.2 Å². The molecule has 0 aromatic carbocycles. The van der Waals surface area contributed by atoms with E-state index >= 15 is 0 Å². The summed E-state index contributed by atoms with van der Waals surface area (Å²) in [6.07, 6.45) is -42.9. The fourth-order valence-corrected chi connectivity index (χ4v) is 9.79. The number of aliphatic hydroxyl groups excluding tert-OH is 6. The van der Waals surface area contributed by atoms with Gasteiger partial charge in [-0.25, -0.2) is 21.5 Å². The molecule has 10 unspecified atom stereocenters. The van der Waals surface area contributed by atoms with Gasteiger partial charge in [0.2, 0.25) is 0 Å². The van der Waals surface area contributed by atoms with Crippen LogP contribution in [-0.2, 0) is 110 Å². The summed E-state index contributed by atoms with van der Waals surface area (Å²) in [7, 11) is -20.2. The number of ether oxygens (including phenoxy) is 10. The minimum absolute atomic E-state index is 1.06. The van der Waals surface area contributed by atoms with Crippen molar-refractivity contribution in [1.82, 2.24) is 5.48 Å². The molecule has 5 aliphatic rings. The summed E-state index contributed by atoms with van der Waals surface area (Å²) in [4.78, 5) is 12.6. The van der Waals surface area contributed by atoms with Crippen molar-refractivity contribution in [1.29, 1.82) is 0 Å². The Morgan fingerprint density at radius 2 is 0.986 bits per heavy atom. The molecule has 0 aliphatic carbocycles. The van der Waals surface area contributed by atoms with Crippen LogP contribution in [0.15, 0.2) is 0 Å². The SMILES string of the molecule is CO[C@H]1OC(COS(=O)(=O)O)[C@@H](O[C@@H]2O[C@@H](N[O-])[C@@H](O[C@H]3OC(COS(=O)(=O)O)[C@@H](O[C@@H]4OC(C(=O)O)[C@@H](O[C@H]5OC(COS(=O)(=O)O)[C@@H](O)[C@H](O)C5C)[C@H](O)C4O)[C@H](C)C3C)C(O)C2OS(=O)(=O)O)[C@H](O)C1N. The molecule has 5 rings (SSSR count). The molecule has 0 amide bonds. The summed E-state index contributed by atoms with van der Waals surface area (Å²) in [6.45, 7) is 0.432. The number of aliphatic carboxylic acids is 1. The summed E-state index contributed by atoms with van der Waals surface area (Å²) in [6, 6.07) is -1.54. The van der Waals surface area contributed by atoms with Crippen LogP contribution >= 0.6 is 0 Å². The molecule has 74 heavy (non-hydrogen) atoms. The molecule has 0 radical (unpaired) electrons. The maximum Gasteiger partial charge on any atom is 0.397 e. The van der Waals surface area contributed by atoms with E-state index in [4.69, 9.17) is 62.2 Å². The molecule has 41 heteroatoms. The maximum atomic E-state index is 12.6. The van der Waals surface area contributed by atoms with Crippen LogP contribution in [0.5, 0.6) is 0 Å². The summed E-state index contributed by atoms with van der Waals surface area (Å²) in [5, 5.41) is 88.8. The maximum absolute atomic E-state index is 12.6. The Kier molecular flexibility index (Phi) is 21.4. The third kappa shape index (κ3) is 15.9. The molecule has 37 nitrogen and oxygen atoms in total. The zero-order valence-electron chi connectivity index (χ0n) is 38.5. The average Bonchev–Trinajstić information content (AvgIpc) is 3.29.